The fourth-order valence-electron chi connectivity index (χ4n) is 5.10. The average Bonchev–Trinajstić information content (AvgIpc) is 2.67. The van der Waals surface area contributed by atoms with Crippen molar-refractivity contribution in [3.63, 3.8) is 0 Å². The van der Waals surface area contributed by atoms with E-state index >= 15 is 0 Å². The predicted octanol–water partition coefficient (Wildman–Crippen LogP) is 8.23. The van der Waals surface area contributed by atoms with Gasteiger partial charge in [-0.2, -0.15) is 0 Å². The van der Waals surface area contributed by atoms with Gasteiger partial charge in [-0.1, -0.05) is 104 Å². The highest BCUT2D eigenvalue weighted by Crippen LogP contribution is 2.44. The molecule has 1 aliphatic rings. The zero-order chi connectivity index (χ0) is 21.5. The maximum absolute atomic E-state index is 10.5. The van der Waals surface area contributed by atoms with Crippen LogP contribution < -0.4 is 0 Å². The maximum atomic E-state index is 10.5. The van der Waals surface area contributed by atoms with Gasteiger partial charge in [0.1, 0.15) is 0 Å². The highest BCUT2D eigenvalue weighted by Gasteiger charge is 2.34. The van der Waals surface area contributed by atoms with Crippen LogP contribution in [0.1, 0.15) is 130 Å². The van der Waals surface area contributed by atoms with Gasteiger partial charge in [0.2, 0.25) is 0 Å². The van der Waals surface area contributed by atoms with Gasteiger partial charge in [-0.15, -0.1) is 0 Å². The third kappa shape index (κ3) is 11.0. The summed E-state index contributed by atoms with van der Waals surface area (Å²) >= 11 is 0. The smallest absolute Gasteiger partial charge is 0.0755 e. The fraction of sp³-hybridized carbons (Fsp3) is 0.926. The van der Waals surface area contributed by atoms with E-state index < -0.39 is 0 Å². The van der Waals surface area contributed by atoms with E-state index in [-0.39, 0.29) is 11.5 Å². The highest BCUT2D eigenvalue weighted by molar-refractivity contribution is 5.28. The number of hydrogen-bond acceptors (Lipinski definition) is 2. The number of aliphatic hydroxyl groups excluding tert-OH is 1. The minimum Gasteiger partial charge on any atom is -0.389 e. The zero-order valence-corrected chi connectivity index (χ0v) is 20.5. The van der Waals surface area contributed by atoms with Gasteiger partial charge in [0.25, 0.3) is 0 Å². The largest absolute Gasteiger partial charge is 0.389 e. The summed E-state index contributed by atoms with van der Waals surface area (Å²) in [6, 6.07) is 0. The van der Waals surface area contributed by atoms with Gasteiger partial charge in [0.05, 0.1) is 6.10 Å². The quantitative estimate of drug-likeness (QED) is 0.194. The summed E-state index contributed by atoms with van der Waals surface area (Å²) in [4.78, 5) is 0. The first-order chi connectivity index (χ1) is 13.9. The van der Waals surface area contributed by atoms with Crippen LogP contribution in [-0.2, 0) is 4.74 Å². The van der Waals surface area contributed by atoms with Crippen molar-refractivity contribution in [2.45, 2.75) is 137 Å². The Morgan fingerprint density at radius 3 is 1.72 bits per heavy atom. The molecule has 1 aliphatic carbocycles. The molecule has 0 saturated heterocycles. The Kier molecular flexibility index (Phi) is 14.2. The number of hydrogen-bond donors (Lipinski definition) is 1. The molecule has 0 radical (unpaired) electrons. The first-order valence-corrected chi connectivity index (χ1v) is 12.8. The minimum absolute atomic E-state index is 0.191. The summed E-state index contributed by atoms with van der Waals surface area (Å²) < 4.78 is 5.09. The fourth-order valence-corrected chi connectivity index (χ4v) is 5.10. The van der Waals surface area contributed by atoms with Crippen LogP contribution >= 0.6 is 0 Å². The minimum atomic E-state index is -0.191. The van der Waals surface area contributed by atoms with Crippen molar-refractivity contribution in [1.82, 2.24) is 0 Å². The van der Waals surface area contributed by atoms with E-state index in [4.69, 9.17) is 4.74 Å². The number of allylic oxidation sites excluding steroid dienone is 1. The molecule has 0 aromatic rings. The molecule has 0 aromatic carbocycles. The Bertz CT molecular complexity index is 436. The van der Waals surface area contributed by atoms with Crippen molar-refractivity contribution >= 4 is 0 Å². The van der Waals surface area contributed by atoms with E-state index in [0.717, 1.165) is 19.4 Å². The second kappa shape index (κ2) is 15.5. The molecule has 1 rings (SSSR count). The highest BCUT2D eigenvalue weighted by atomic mass is 16.5. The van der Waals surface area contributed by atoms with Crippen molar-refractivity contribution in [3.05, 3.63) is 11.1 Å². The van der Waals surface area contributed by atoms with E-state index in [1.807, 2.05) is 0 Å². The van der Waals surface area contributed by atoms with Crippen LogP contribution in [0.3, 0.4) is 0 Å². The molecule has 0 bridgehead atoms. The first-order valence-electron chi connectivity index (χ1n) is 12.8. The SMILES string of the molecule is COCCCCCCCCCCCCCCCC1=C(C(C)C)C(O)CCC1(C)C. The molecular formula is C27H52O2. The van der Waals surface area contributed by atoms with Gasteiger partial charge in [-0.25, -0.2) is 0 Å². The van der Waals surface area contributed by atoms with Gasteiger partial charge in [-0.3, -0.25) is 0 Å². The van der Waals surface area contributed by atoms with Gasteiger partial charge in [0, 0.05) is 13.7 Å². The number of methoxy groups -OCH3 is 1. The molecule has 0 saturated carbocycles. The monoisotopic (exact) mass is 408 g/mol. The van der Waals surface area contributed by atoms with Gasteiger partial charge >= 0.3 is 0 Å². The van der Waals surface area contributed by atoms with Crippen molar-refractivity contribution in [2.75, 3.05) is 13.7 Å². The molecule has 2 nitrogen and oxygen atoms in total. The number of ether oxygens (including phenoxy) is 1. The lowest BCUT2D eigenvalue weighted by atomic mass is 9.67. The molecule has 2 heteroatoms. The van der Waals surface area contributed by atoms with E-state index in [9.17, 15) is 5.11 Å². The van der Waals surface area contributed by atoms with Crippen LogP contribution in [0.25, 0.3) is 0 Å². The molecule has 1 atom stereocenters. The van der Waals surface area contributed by atoms with Crippen LogP contribution in [0, 0.1) is 11.3 Å². The third-order valence-corrected chi connectivity index (χ3v) is 6.96. The topological polar surface area (TPSA) is 29.5 Å². The molecule has 0 spiro atoms. The van der Waals surface area contributed by atoms with E-state index in [1.165, 1.54) is 95.5 Å². The lowest BCUT2D eigenvalue weighted by Gasteiger charge is -2.39. The summed E-state index contributed by atoms with van der Waals surface area (Å²) in [7, 11) is 1.79. The second-order valence-electron chi connectivity index (χ2n) is 10.4. The Morgan fingerprint density at radius 2 is 1.28 bits per heavy atom. The standard InChI is InChI=1S/C27H52O2/c1-23(2)26-24(27(3,4)21-20-25(26)28)19-17-15-13-11-9-7-6-8-10-12-14-16-18-22-29-5/h23,25,28H,6-22H2,1-5H3. The molecule has 1 unspecified atom stereocenters. The van der Waals surface area contributed by atoms with Crippen LogP contribution in [0.5, 0.6) is 0 Å². The normalized spacial score (nSPS) is 19.3. The van der Waals surface area contributed by atoms with Gasteiger partial charge < -0.3 is 9.84 Å². The van der Waals surface area contributed by atoms with Crippen molar-refractivity contribution in [2.24, 2.45) is 11.3 Å². The lowest BCUT2D eigenvalue weighted by molar-refractivity contribution is 0.147. The Morgan fingerprint density at radius 1 is 0.828 bits per heavy atom. The van der Waals surface area contributed by atoms with Gasteiger partial charge in [-0.05, 0) is 49.0 Å². The molecule has 0 amide bonds. The Labute approximate surface area is 182 Å². The number of rotatable bonds is 17. The van der Waals surface area contributed by atoms with Crippen molar-refractivity contribution in [3.8, 4) is 0 Å². The second-order valence-corrected chi connectivity index (χ2v) is 10.4. The van der Waals surface area contributed by atoms with Crippen LogP contribution in [0.15, 0.2) is 11.1 Å². The predicted molar refractivity (Wildman–Crippen MR) is 127 cm³/mol. The van der Waals surface area contributed by atoms with Gasteiger partial charge in [0.15, 0.2) is 0 Å². The average molecular weight is 409 g/mol. The molecule has 0 heterocycles. The van der Waals surface area contributed by atoms with Crippen LogP contribution in [-0.4, -0.2) is 24.9 Å². The van der Waals surface area contributed by atoms with Crippen LogP contribution in [0.2, 0.25) is 0 Å². The molecular weight excluding hydrogens is 356 g/mol. The zero-order valence-electron chi connectivity index (χ0n) is 20.5. The summed E-state index contributed by atoms with van der Waals surface area (Å²) in [5.74, 6) is 0.477. The molecule has 172 valence electrons. The maximum Gasteiger partial charge on any atom is 0.0755 e. The molecule has 0 aromatic heterocycles. The van der Waals surface area contributed by atoms with Crippen molar-refractivity contribution < 1.29 is 9.84 Å². The van der Waals surface area contributed by atoms with E-state index in [0.29, 0.717) is 5.92 Å². The van der Waals surface area contributed by atoms with Crippen LogP contribution in [0.4, 0.5) is 0 Å². The number of unbranched alkanes of at least 4 members (excludes halogenated alkanes) is 12. The van der Waals surface area contributed by atoms with E-state index in [1.54, 1.807) is 12.7 Å². The number of aliphatic hydroxyl groups is 1. The molecule has 29 heavy (non-hydrogen) atoms. The molecule has 0 fully saturated rings. The van der Waals surface area contributed by atoms with E-state index in [2.05, 4.69) is 27.7 Å². The third-order valence-electron chi connectivity index (χ3n) is 6.96. The summed E-state index contributed by atoms with van der Waals surface area (Å²) in [6.07, 6.45) is 21.0. The molecule has 0 aliphatic heterocycles. The van der Waals surface area contributed by atoms with Crippen molar-refractivity contribution in [1.29, 1.82) is 0 Å². The Balaban J connectivity index is 2.06. The summed E-state index contributed by atoms with van der Waals surface area (Å²) in [5.41, 5.74) is 3.22. The lowest BCUT2D eigenvalue weighted by Crippen LogP contribution is -2.31. The first kappa shape index (κ1) is 26.7. The summed E-state index contributed by atoms with van der Waals surface area (Å²) in [6.45, 7) is 10.2. The molecule has 1 N–H and O–H groups in total. The summed E-state index contributed by atoms with van der Waals surface area (Å²) in [5, 5.41) is 10.5. The Hall–Kier alpha value is -0.340.